The summed E-state index contributed by atoms with van der Waals surface area (Å²) in [6, 6.07) is 10.5. The van der Waals surface area contributed by atoms with Gasteiger partial charge in [0.05, 0.1) is 6.33 Å². The molecule has 4 atom stereocenters. The molecule has 1 aliphatic carbocycles. The number of nitrogens with two attached hydrogens (primary N) is 1. The third kappa shape index (κ3) is 5.81. The maximum absolute atomic E-state index is 12.3. The minimum absolute atomic E-state index is 0.130. The molecule has 3 fully saturated rings. The van der Waals surface area contributed by atoms with Crippen molar-refractivity contribution in [2.24, 2.45) is 5.92 Å². The largest absolute Gasteiger partial charge is 0.461 e. The quantitative estimate of drug-likeness (QED) is 0.363. The van der Waals surface area contributed by atoms with E-state index in [2.05, 4.69) is 33.7 Å². The van der Waals surface area contributed by atoms with Crippen molar-refractivity contribution in [1.29, 1.82) is 0 Å². The first kappa shape index (κ1) is 28.0. The predicted octanol–water partition coefficient (Wildman–Crippen LogP) is 3.84. The van der Waals surface area contributed by atoms with Crippen LogP contribution < -0.4 is 5.73 Å². The lowest BCUT2D eigenvalue weighted by atomic mass is 9.76. The number of rotatable bonds is 10. The summed E-state index contributed by atoms with van der Waals surface area (Å²) in [5.74, 6) is -0.00414. The van der Waals surface area contributed by atoms with Gasteiger partial charge in [0.25, 0.3) is 0 Å². The molecule has 11 heteroatoms. The van der Waals surface area contributed by atoms with Crippen LogP contribution in [-0.2, 0) is 30.3 Å². The smallest absolute Gasteiger partial charge is 0.306 e. The van der Waals surface area contributed by atoms with Crippen molar-refractivity contribution in [1.82, 2.24) is 24.4 Å². The molecule has 2 N–H and O–H groups in total. The van der Waals surface area contributed by atoms with Crippen LogP contribution in [0.5, 0.6) is 0 Å². The number of hydrogen-bond acceptors (Lipinski definition) is 10. The third-order valence-electron chi connectivity index (χ3n) is 8.52. The van der Waals surface area contributed by atoms with Crippen LogP contribution in [-0.4, -0.2) is 73.1 Å². The fourth-order valence-electron chi connectivity index (χ4n) is 6.41. The van der Waals surface area contributed by atoms with Crippen molar-refractivity contribution < 1.29 is 23.7 Å². The van der Waals surface area contributed by atoms with Crippen molar-refractivity contribution in [3.8, 4) is 0 Å². The molecule has 1 saturated carbocycles. The van der Waals surface area contributed by atoms with Crippen molar-refractivity contribution in [3.05, 3.63) is 48.5 Å². The Labute approximate surface area is 240 Å². The standard InChI is InChI=1S/C30H40N6O5/c1-18(2)35(21-12-20(13-21)10-11-23(37)38-15-19-8-6-5-7-9-19)14-22-25-26(41-30(3,4)40-25)29(39-22)36-17-34-24-27(31)32-16-33-28(24)36/h5-9,16-18,20-22,25-26,29H,10-15H2,1-4H3,(H2,31,32,33)/t20?,21?,22-,25-,26-,29-/m1/s1. The van der Waals surface area contributed by atoms with E-state index in [-0.39, 0.29) is 24.3 Å². The lowest BCUT2D eigenvalue weighted by molar-refractivity contribution is -0.199. The Morgan fingerprint density at radius 3 is 2.66 bits per heavy atom. The number of carbonyl (C=O) groups is 1. The number of hydrogen-bond donors (Lipinski definition) is 1. The number of nitrogens with zero attached hydrogens (tertiary/aromatic N) is 5. The second-order valence-corrected chi connectivity index (χ2v) is 12.2. The van der Waals surface area contributed by atoms with Gasteiger partial charge in [-0.1, -0.05) is 30.3 Å². The molecule has 2 saturated heterocycles. The lowest BCUT2D eigenvalue weighted by Gasteiger charge is -2.46. The summed E-state index contributed by atoms with van der Waals surface area (Å²) >= 11 is 0. The minimum atomic E-state index is -0.723. The number of ether oxygens (including phenoxy) is 4. The monoisotopic (exact) mass is 564 g/mol. The first-order chi connectivity index (χ1) is 19.7. The molecule has 11 nitrogen and oxygen atoms in total. The van der Waals surface area contributed by atoms with Crippen molar-refractivity contribution in [3.63, 3.8) is 0 Å². The summed E-state index contributed by atoms with van der Waals surface area (Å²) in [7, 11) is 0. The molecule has 0 amide bonds. The first-order valence-corrected chi connectivity index (χ1v) is 14.6. The summed E-state index contributed by atoms with van der Waals surface area (Å²) in [6.45, 7) is 9.36. The number of nitrogen functional groups attached to an aromatic ring is 1. The van der Waals surface area contributed by atoms with Crippen LogP contribution >= 0.6 is 0 Å². The SMILES string of the molecule is CC(C)N(C[C@H]1O[C@@H](n2cnc3c(N)ncnc32)[C@@H]2OC(C)(C)O[C@@H]21)C1CC(CCC(=O)OCc2ccccc2)C1. The summed E-state index contributed by atoms with van der Waals surface area (Å²) < 4.78 is 26.7. The predicted molar refractivity (Wildman–Crippen MR) is 151 cm³/mol. The number of aromatic nitrogens is 4. The fourth-order valence-corrected chi connectivity index (χ4v) is 6.41. The van der Waals surface area contributed by atoms with E-state index in [0.717, 1.165) is 31.4 Å². The molecular weight excluding hydrogens is 524 g/mol. The van der Waals surface area contributed by atoms with Gasteiger partial charge in [0.2, 0.25) is 0 Å². The van der Waals surface area contributed by atoms with E-state index in [4.69, 9.17) is 24.7 Å². The van der Waals surface area contributed by atoms with Crippen molar-refractivity contribution in [2.75, 3.05) is 12.3 Å². The zero-order valence-electron chi connectivity index (χ0n) is 24.2. The van der Waals surface area contributed by atoms with E-state index in [1.54, 1.807) is 6.33 Å². The highest BCUT2D eigenvalue weighted by Crippen LogP contribution is 2.45. The van der Waals surface area contributed by atoms with Crippen molar-refractivity contribution >= 4 is 23.0 Å². The van der Waals surface area contributed by atoms with Gasteiger partial charge in [-0.25, -0.2) is 15.0 Å². The number of carbonyl (C=O) groups excluding carboxylic acids is 1. The molecule has 220 valence electrons. The van der Waals surface area contributed by atoms with Crippen LogP contribution in [0.1, 0.15) is 65.2 Å². The van der Waals surface area contributed by atoms with Crippen LogP contribution in [0, 0.1) is 5.92 Å². The highest BCUT2D eigenvalue weighted by molar-refractivity contribution is 5.81. The fraction of sp³-hybridized carbons (Fsp3) is 0.600. The second-order valence-electron chi connectivity index (χ2n) is 12.2. The zero-order chi connectivity index (χ0) is 28.7. The summed E-state index contributed by atoms with van der Waals surface area (Å²) in [5, 5.41) is 0. The molecule has 0 bridgehead atoms. The Kier molecular flexibility index (Phi) is 7.71. The molecule has 0 unspecified atom stereocenters. The van der Waals surface area contributed by atoms with Gasteiger partial charge in [-0.05, 0) is 58.4 Å². The Morgan fingerprint density at radius 2 is 1.90 bits per heavy atom. The number of anilines is 1. The van der Waals surface area contributed by atoms with Gasteiger partial charge in [-0.2, -0.15) is 0 Å². The van der Waals surface area contributed by atoms with E-state index in [1.807, 2.05) is 48.7 Å². The number of benzene rings is 1. The number of esters is 1. The summed E-state index contributed by atoms with van der Waals surface area (Å²) in [4.78, 5) is 27.7. The Hall–Kier alpha value is -3.12. The van der Waals surface area contributed by atoms with Gasteiger partial charge in [0.1, 0.15) is 36.8 Å². The van der Waals surface area contributed by atoms with Gasteiger partial charge in [-0.15, -0.1) is 0 Å². The molecule has 2 aromatic heterocycles. The van der Waals surface area contributed by atoms with Crippen LogP contribution in [0.3, 0.4) is 0 Å². The van der Waals surface area contributed by atoms with E-state index in [1.165, 1.54) is 6.33 Å². The first-order valence-electron chi connectivity index (χ1n) is 14.6. The van der Waals surface area contributed by atoms with Crippen molar-refractivity contribution in [2.45, 2.75) is 102 Å². The Morgan fingerprint density at radius 1 is 1.15 bits per heavy atom. The highest BCUT2D eigenvalue weighted by atomic mass is 16.8. The second kappa shape index (κ2) is 11.3. The van der Waals surface area contributed by atoms with Crippen LogP contribution in [0.15, 0.2) is 43.0 Å². The molecule has 1 aromatic carbocycles. The topological polar surface area (TPSA) is 127 Å². The van der Waals surface area contributed by atoms with E-state index < -0.39 is 12.0 Å². The number of fused-ring (bicyclic) bond motifs is 2. The molecule has 3 aliphatic rings. The summed E-state index contributed by atoms with van der Waals surface area (Å²) in [6.07, 6.45) is 5.36. The van der Waals surface area contributed by atoms with Crippen LogP contribution in [0.2, 0.25) is 0 Å². The molecular formula is C30H40N6O5. The third-order valence-corrected chi connectivity index (χ3v) is 8.52. The average Bonchev–Trinajstić information content (AvgIpc) is 3.58. The zero-order valence-corrected chi connectivity index (χ0v) is 24.2. The highest BCUT2D eigenvalue weighted by Gasteiger charge is 2.56. The Balaban J connectivity index is 1.07. The Bertz CT molecular complexity index is 1360. The molecule has 6 rings (SSSR count). The normalized spacial score (nSPS) is 28.7. The van der Waals surface area contributed by atoms with E-state index in [0.29, 0.717) is 48.0 Å². The molecule has 41 heavy (non-hydrogen) atoms. The van der Waals surface area contributed by atoms with E-state index >= 15 is 0 Å². The molecule has 0 radical (unpaired) electrons. The van der Waals surface area contributed by atoms with Crippen LogP contribution in [0.4, 0.5) is 5.82 Å². The van der Waals surface area contributed by atoms with Gasteiger partial charge in [-0.3, -0.25) is 14.3 Å². The lowest BCUT2D eigenvalue weighted by Crippen LogP contribution is -2.52. The summed E-state index contributed by atoms with van der Waals surface area (Å²) in [5.41, 5.74) is 8.20. The maximum Gasteiger partial charge on any atom is 0.306 e. The van der Waals surface area contributed by atoms with Gasteiger partial charge >= 0.3 is 5.97 Å². The molecule has 3 aromatic rings. The molecule has 4 heterocycles. The maximum atomic E-state index is 12.3. The van der Waals surface area contributed by atoms with Gasteiger partial charge in [0.15, 0.2) is 23.5 Å². The van der Waals surface area contributed by atoms with Crippen LogP contribution in [0.25, 0.3) is 11.2 Å². The molecule has 2 aliphatic heterocycles. The van der Waals surface area contributed by atoms with Gasteiger partial charge in [0, 0.05) is 25.0 Å². The minimum Gasteiger partial charge on any atom is -0.461 e. The van der Waals surface area contributed by atoms with E-state index in [9.17, 15) is 4.79 Å². The average molecular weight is 565 g/mol. The number of imidazole rings is 1. The van der Waals surface area contributed by atoms with Gasteiger partial charge < -0.3 is 24.7 Å². The molecule has 0 spiro atoms.